The highest BCUT2D eigenvalue weighted by molar-refractivity contribution is 9.10. The van der Waals surface area contributed by atoms with Crippen LogP contribution in [0, 0.1) is 6.92 Å². The number of methoxy groups -OCH3 is 2. The summed E-state index contributed by atoms with van der Waals surface area (Å²) in [4.78, 5) is 30.1. The molecule has 0 spiro atoms. The molecule has 1 heterocycles. The predicted molar refractivity (Wildman–Crippen MR) is 178 cm³/mol. The summed E-state index contributed by atoms with van der Waals surface area (Å²) in [7, 11) is 3.17. The van der Waals surface area contributed by atoms with E-state index in [9.17, 15) is 14.7 Å². The first-order valence-electron chi connectivity index (χ1n) is 14.2. The third-order valence-electron chi connectivity index (χ3n) is 7.32. The van der Waals surface area contributed by atoms with Crippen LogP contribution >= 0.6 is 15.9 Å². The molecule has 45 heavy (non-hydrogen) atoms. The van der Waals surface area contributed by atoms with Gasteiger partial charge in [-0.05, 0) is 99.6 Å². The van der Waals surface area contributed by atoms with Crippen molar-refractivity contribution in [1.82, 2.24) is 9.66 Å². The van der Waals surface area contributed by atoms with Gasteiger partial charge in [0.05, 0.1) is 41.4 Å². The van der Waals surface area contributed by atoms with E-state index in [1.54, 1.807) is 55.8 Å². The fourth-order valence-corrected chi connectivity index (χ4v) is 5.57. The topological polar surface area (TPSA) is 112 Å². The van der Waals surface area contributed by atoms with Crippen molar-refractivity contribution in [2.45, 2.75) is 33.3 Å². The largest absolute Gasteiger partial charge is 0.496 e. The number of aryl methyl sites for hydroxylation is 1. The van der Waals surface area contributed by atoms with E-state index in [1.807, 2.05) is 31.2 Å². The Kier molecular flexibility index (Phi) is 9.34. The molecule has 0 amide bonds. The van der Waals surface area contributed by atoms with Gasteiger partial charge in [-0.3, -0.25) is 4.79 Å². The summed E-state index contributed by atoms with van der Waals surface area (Å²) in [6.07, 6.45) is 1.57. The lowest BCUT2D eigenvalue weighted by Crippen LogP contribution is -2.20. The van der Waals surface area contributed by atoms with Gasteiger partial charge >= 0.3 is 5.97 Å². The molecule has 230 valence electrons. The number of halogens is 1. The highest BCUT2D eigenvalue weighted by Crippen LogP contribution is 2.37. The van der Waals surface area contributed by atoms with Gasteiger partial charge in [0.25, 0.3) is 5.56 Å². The molecule has 5 aromatic rings. The van der Waals surface area contributed by atoms with Crippen LogP contribution in [0.4, 0.5) is 0 Å². The summed E-state index contributed by atoms with van der Waals surface area (Å²) in [5, 5.41) is 14.4. The quantitative estimate of drug-likeness (QED) is 0.154. The highest BCUT2D eigenvalue weighted by Gasteiger charge is 2.19. The van der Waals surface area contributed by atoms with Gasteiger partial charge in [0, 0.05) is 5.56 Å². The second-order valence-electron chi connectivity index (χ2n) is 10.7. The van der Waals surface area contributed by atoms with Crippen LogP contribution in [0.15, 0.2) is 87.2 Å². The highest BCUT2D eigenvalue weighted by atomic mass is 79.9. The molecular weight excluding hydrogens is 638 g/mol. The smallest absolute Gasteiger partial charge is 0.335 e. The van der Waals surface area contributed by atoms with Crippen molar-refractivity contribution in [3.05, 3.63) is 115 Å². The molecule has 1 aromatic heterocycles. The molecule has 10 heteroatoms. The molecule has 0 aliphatic rings. The third-order valence-corrected chi connectivity index (χ3v) is 7.91. The minimum atomic E-state index is -1.01. The zero-order chi connectivity index (χ0) is 32.2. The fraction of sp³-hybridized carbons (Fsp3) is 0.200. The molecular formula is C35H32BrN3O6. The lowest BCUT2D eigenvalue weighted by Gasteiger charge is -2.17. The molecule has 0 bridgehead atoms. The average Bonchev–Trinajstić information content (AvgIpc) is 3.03. The molecule has 0 saturated heterocycles. The Labute approximate surface area is 268 Å². The number of hydrogen-bond acceptors (Lipinski definition) is 7. The van der Waals surface area contributed by atoms with Gasteiger partial charge in [-0.2, -0.15) is 9.78 Å². The van der Waals surface area contributed by atoms with Gasteiger partial charge in [-0.15, -0.1) is 0 Å². The predicted octanol–water partition coefficient (Wildman–Crippen LogP) is 7.43. The number of benzene rings is 4. The zero-order valence-electron chi connectivity index (χ0n) is 25.5. The van der Waals surface area contributed by atoms with Crippen molar-refractivity contribution in [3.63, 3.8) is 0 Å². The Bertz CT molecular complexity index is 2000. The first kappa shape index (κ1) is 31.5. The second kappa shape index (κ2) is 13.4. The number of nitrogens with zero attached hydrogens (tertiary/aromatic N) is 3. The van der Waals surface area contributed by atoms with Crippen molar-refractivity contribution < 1.29 is 24.1 Å². The van der Waals surface area contributed by atoms with Crippen LogP contribution in [-0.4, -0.2) is 41.2 Å². The summed E-state index contributed by atoms with van der Waals surface area (Å²) in [6, 6.07) is 21.2. The number of aromatic carboxylic acids is 1. The first-order valence-corrected chi connectivity index (χ1v) is 15.0. The Balaban J connectivity index is 1.56. The molecule has 0 unspecified atom stereocenters. The summed E-state index contributed by atoms with van der Waals surface area (Å²) >= 11 is 3.57. The van der Waals surface area contributed by atoms with E-state index in [2.05, 4.69) is 34.9 Å². The van der Waals surface area contributed by atoms with Gasteiger partial charge in [0.15, 0.2) is 17.3 Å². The second-order valence-corrected chi connectivity index (χ2v) is 11.6. The van der Waals surface area contributed by atoms with E-state index in [1.165, 1.54) is 17.9 Å². The van der Waals surface area contributed by atoms with Gasteiger partial charge in [-0.25, -0.2) is 9.78 Å². The maximum atomic E-state index is 13.8. The number of aromatic nitrogens is 2. The number of para-hydroxylation sites is 1. The number of carboxylic acid groups (broad SMARTS) is 1. The monoisotopic (exact) mass is 669 g/mol. The minimum absolute atomic E-state index is 0.130. The molecule has 0 aliphatic heterocycles. The van der Waals surface area contributed by atoms with E-state index in [4.69, 9.17) is 19.2 Å². The fourth-order valence-electron chi connectivity index (χ4n) is 5.00. The maximum absolute atomic E-state index is 13.8. The lowest BCUT2D eigenvalue weighted by atomic mass is 9.96. The Morgan fingerprint density at radius 1 is 1.02 bits per heavy atom. The lowest BCUT2D eigenvalue weighted by molar-refractivity contribution is 0.0696. The van der Waals surface area contributed by atoms with Crippen molar-refractivity contribution >= 4 is 39.0 Å². The van der Waals surface area contributed by atoms with Gasteiger partial charge in [0.1, 0.15) is 12.4 Å². The standard InChI is InChI=1S/C35H32BrN3O6/c1-20(2)26-17-27(21(3)13-30(26)43-4)33-38-29-12-7-6-11-25(29)34(40)39(33)37-18-23-15-28(36)32(31(16-23)44-5)45-19-22-9-8-10-24(14-22)35(41)42/h6-18,20H,19H2,1-5H3,(H,41,42). The number of hydrogen-bond donors (Lipinski definition) is 1. The molecule has 0 aliphatic carbocycles. The average molecular weight is 671 g/mol. The molecule has 0 atom stereocenters. The van der Waals surface area contributed by atoms with Crippen LogP contribution in [0.1, 0.15) is 52.4 Å². The Morgan fingerprint density at radius 2 is 1.78 bits per heavy atom. The van der Waals surface area contributed by atoms with Crippen molar-refractivity contribution in [1.29, 1.82) is 0 Å². The summed E-state index contributed by atoms with van der Waals surface area (Å²) < 4.78 is 19.2. The molecule has 4 aromatic carbocycles. The van der Waals surface area contributed by atoms with Crippen LogP contribution in [0.25, 0.3) is 22.3 Å². The van der Waals surface area contributed by atoms with Crippen LogP contribution in [0.3, 0.4) is 0 Å². The van der Waals surface area contributed by atoms with E-state index < -0.39 is 5.97 Å². The number of carbonyl (C=O) groups is 1. The van der Waals surface area contributed by atoms with Crippen LogP contribution < -0.4 is 19.8 Å². The number of fused-ring (bicyclic) bond motifs is 1. The van der Waals surface area contributed by atoms with E-state index in [0.717, 1.165) is 22.4 Å². The van der Waals surface area contributed by atoms with E-state index >= 15 is 0 Å². The Hall–Kier alpha value is -4.96. The zero-order valence-corrected chi connectivity index (χ0v) is 27.1. The van der Waals surface area contributed by atoms with E-state index in [-0.39, 0.29) is 23.6 Å². The molecule has 5 rings (SSSR count). The SMILES string of the molecule is COc1cc(C)c(-c2nc3ccccc3c(=O)n2N=Cc2cc(Br)c(OCc3cccc(C(=O)O)c3)c(OC)c2)cc1C(C)C. The molecule has 1 N–H and O–H groups in total. The molecule has 0 fully saturated rings. The molecule has 0 radical (unpaired) electrons. The summed E-state index contributed by atoms with van der Waals surface area (Å²) in [6.45, 7) is 6.25. The maximum Gasteiger partial charge on any atom is 0.335 e. The van der Waals surface area contributed by atoms with Gasteiger partial charge < -0.3 is 19.3 Å². The van der Waals surface area contributed by atoms with Crippen LogP contribution in [0.2, 0.25) is 0 Å². The van der Waals surface area contributed by atoms with Crippen LogP contribution in [-0.2, 0) is 6.61 Å². The normalized spacial score (nSPS) is 11.4. The number of rotatable bonds is 10. The van der Waals surface area contributed by atoms with Crippen molar-refractivity contribution in [2.24, 2.45) is 5.10 Å². The molecule has 0 saturated carbocycles. The van der Waals surface area contributed by atoms with Crippen molar-refractivity contribution in [3.8, 4) is 28.6 Å². The summed E-state index contributed by atoms with van der Waals surface area (Å²) in [5.74, 6) is 1.22. The van der Waals surface area contributed by atoms with Gasteiger partial charge in [-0.1, -0.05) is 38.1 Å². The third kappa shape index (κ3) is 6.61. The van der Waals surface area contributed by atoms with Crippen molar-refractivity contribution in [2.75, 3.05) is 14.2 Å². The minimum Gasteiger partial charge on any atom is -0.496 e. The number of ether oxygens (including phenoxy) is 3. The first-order chi connectivity index (χ1) is 21.6. The summed E-state index contributed by atoms with van der Waals surface area (Å²) in [5.41, 5.74) is 4.44. The Morgan fingerprint density at radius 3 is 2.49 bits per heavy atom. The van der Waals surface area contributed by atoms with Gasteiger partial charge in [0.2, 0.25) is 0 Å². The number of carboxylic acids is 1. The molecule has 9 nitrogen and oxygen atoms in total. The van der Waals surface area contributed by atoms with Crippen LogP contribution in [0.5, 0.6) is 17.2 Å². The van der Waals surface area contributed by atoms with E-state index in [0.29, 0.717) is 43.8 Å².